The SMILES string of the molecule is CC.CCCCCCCc1cc(=O)n2c(c1-c1ccc(F)c(F)c1)SCC2.CCCCCCCc1cc(=O)n2c(c1-c1ccc(F)c(F)c1)SCC2.NC=O. The summed E-state index contributed by atoms with van der Waals surface area (Å²) >= 11 is 3.24. The van der Waals surface area contributed by atoms with Gasteiger partial charge in [-0.15, -0.1) is 23.5 Å². The van der Waals surface area contributed by atoms with Crippen molar-refractivity contribution in [2.45, 2.75) is 128 Å². The topological polar surface area (TPSA) is 87.1 Å². The van der Waals surface area contributed by atoms with Crippen molar-refractivity contribution < 1.29 is 22.4 Å². The van der Waals surface area contributed by atoms with E-state index >= 15 is 0 Å². The van der Waals surface area contributed by atoms with Gasteiger partial charge in [-0.25, -0.2) is 17.6 Å². The second-order valence-corrected chi connectivity index (χ2v) is 15.3. The van der Waals surface area contributed by atoms with Crippen molar-refractivity contribution in [3.63, 3.8) is 0 Å². The van der Waals surface area contributed by atoms with Crippen molar-refractivity contribution in [1.29, 1.82) is 0 Å². The molecule has 4 heterocycles. The number of primary amides is 1. The maximum Gasteiger partial charge on any atom is 0.251 e. The van der Waals surface area contributed by atoms with Gasteiger partial charge >= 0.3 is 0 Å². The second-order valence-electron chi connectivity index (χ2n) is 13.1. The molecule has 0 unspecified atom stereocenters. The van der Waals surface area contributed by atoms with E-state index in [9.17, 15) is 27.2 Å². The number of aryl methyl sites for hydroxylation is 2. The van der Waals surface area contributed by atoms with Gasteiger partial charge in [-0.1, -0.05) is 91.2 Å². The maximum absolute atomic E-state index is 13.8. The van der Waals surface area contributed by atoms with E-state index in [1.807, 2.05) is 13.8 Å². The Kier molecular flexibility index (Phi) is 19.9. The number of pyridine rings is 2. The Balaban J connectivity index is 0.000000265. The standard InChI is InChI=1S/2C20H23F2NOS.C2H6.CH3NO/c2*1-2-3-4-5-6-7-14-13-18(24)23-10-11-25-20(23)19(14)15-8-9-16(21)17(22)12-15;1-2;2-1-3/h2*8-9,12-13H,2-7,10-11H2,1H3;1-2H3;1H,(H2,2,3). The summed E-state index contributed by atoms with van der Waals surface area (Å²) < 4.78 is 57.7. The Hall–Kier alpha value is -3.77. The molecule has 0 fully saturated rings. The predicted molar refractivity (Wildman–Crippen MR) is 220 cm³/mol. The summed E-state index contributed by atoms with van der Waals surface area (Å²) in [6, 6.07) is 11.4. The first-order chi connectivity index (χ1) is 26.6. The molecule has 2 aromatic carbocycles. The van der Waals surface area contributed by atoms with Crippen LogP contribution in [0.2, 0.25) is 0 Å². The van der Waals surface area contributed by atoms with Gasteiger partial charge < -0.3 is 14.9 Å². The number of halogens is 4. The number of nitrogens with zero attached hydrogens (tertiary/aromatic N) is 2. The first-order valence-corrected chi connectivity index (χ1v) is 21.5. The highest BCUT2D eigenvalue weighted by Crippen LogP contribution is 2.39. The summed E-state index contributed by atoms with van der Waals surface area (Å²) in [5, 5.41) is 1.78. The molecule has 0 bridgehead atoms. The average molecular weight is 802 g/mol. The molecule has 2 aromatic heterocycles. The quantitative estimate of drug-likeness (QED) is 0.0779. The first-order valence-electron chi connectivity index (χ1n) is 19.5. The van der Waals surface area contributed by atoms with Crippen molar-refractivity contribution in [3.8, 4) is 22.3 Å². The van der Waals surface area contributed by atoms with E-state index in [0.29, 0.717) is 24.2 Å². The number of rotatable bonds is 14. The van der Waals surface area contributed by atoms with Gasteiger partial charge in [-0.05, 0) is 72.2 Å². The number of hydrogen-bond donors (Lipinski definition) is 1. The molecule has 6 nitrogen and oxygen atoms in total. The van der Waals surface area contributed by atoms with Crippen molar-refractivity contribution in [3.05, 3.63) is 104 Å². The van der Waals surface area contributed by atoms with Crippen LogP contribution in [0.25, 0.3) is 22.3 Å². The summed E-state index contributed by atoms with van der Waals surface area (Å²) in [6.45, 7) is 9.71. The molecular formula is C43H55F4N3O3S2. The molecular weight excluding hydrogens is 747 g/mol. The average Bonchev–Trinajstić information content (AvgIpc) is 3.88. The molecule has 0 aliphatic carbocycles. The number of carbonyl (C=O) groups excluding carboxylic acids is 1. The molecule has 12 heteroatoms. The number of hydrogen-bond acceptors (Lipinski definition) is 5. The number of benzene rings is 2. The molecule has 4 aromatic rings. The molecule has 0 saturated carbocycles. The van der Waals surface area contributed by atoms with Crippen LogP contribution in [0.3, 0.4) is 0 Å². The lowest BCUT2D eigenvalue weighted by molar-refractivity contribution is -0.106. The van der Waals surface area contributed by atoms with Gasteiger partial charge in [0.05, 0.1) is 10.1 Å². The van der Waals surface area contributed by atoms with E-state index in [1.165, 1.54) is 50.7 Å². The molecule has 2 N–H and O–H groups in total. The Bertz CT molecular complexity index is 1830. The number of unbranched alkanes of at least 4 members (excludes halogenated alkanes) is 8. The van der Waals surface area contributed by atoms with Gasteiger partial charge in [0.2, 0.25) is 6.41 Å². The van der Waals surface area contributed by atoms with Crippen molar-refractivity contribution in [1.82, 2.24) is 9.13 Å². The third-order valence-electron chi connectivity index (χ3n) is 9.31. The van der Waals surface area contributed by atoms with E-state index < -0.39 is 23.3 Å². The summed E-state index contributed by atoms with van der Waals surface area (Å²) in [4.78, 5) is 33.4. The Morgan fingerprint density at radius 3 is 1.31 bits per heavy atom. The molecule has 0 saturated heterocycles. The van der Waals surface area contributed by atoms with E-state index in [0.717, 1.165) is 94.5 Å². The van der Waals surface area contributed by atoms with Crippen LogP contribution < -0.4 is 16.9 Å². The molecule has 2 aliphatic heterocycles. The van der Waals surface area contributed by atoms with Crippen LogP contribution in [0, 0.1) is 23.3 Å². The summed E-state index contributed by atoms with van der Waals surface area (Å²) in [5.74, 6) is -1.71. The highest BCUT2D eigenvalue weighted by Gasteiger charge is 2.24. The van der Waals surface area contributed by atoms with Gasteiger partial charge in [0.1, 0.15) is 0 Å². The lowest BCUT2D eigenvalue weighted by atomic mass is 9.97. The number of thioether (sulfide) groups is 2. The van der Waals surface area contributed by atoms with Crippen molar-refractivity contribution in [2.75, 3.05) is 11.5 Å². The van der Waals surface area contributed by atoms with Crippen LogP contribution >= 0.6 is 23.5 Å². The van der Waals surface area contributed by atoms with Gasteiger partial charge in [0, 0.05) is 47.9 Å². The lowest BCUT2D eigenvalue weighted by Gasteiger charge is -2.15. The van der Waals surface area contributed by atoms with Gasteiger partial charge in [-0.2, -0.15) is 0 Å². The van der Waals surface area contributed by atoms with Crippen LogP contribution in [0.15, 0.2) is 68.2 Å². The maximum atomic E-state index is 13.8. The lowest BCUT2D eigenvalue weighted by Crippen LogP contribution is -2.20. The fourth-order valence-corrected chi connectivity index (χ4v) is 9.08. The number of fused-ring (bicyclic) bond motifs is 2. The highest BCUT2D eigenvalue weighted by molar-refractivity contribution is 7.99. The molecule has 0 radical (unpaired) electrons. The Labute approximate surface area is 331 Å². The number of aromatic nitrogens is 2. The monoisotopic (exact) mass is 801 g/mol. The van der Waals surface area contributed by atoms with Crippen molar-refractivity contribution in [2.24, 2.45) is 5.73 Å². The summed E-state index contributed by atoms with van der Waals surface area (Å²) in [7, 11) is 0. The number of amides is 1. The van der Waals surface area contributed by atoms with E-state index in [2.05, 4.69) is 19.6 Å². The fraction of sp³-hybridized carbons (Fsp3) is 0.465. The fourth-order valence-electron chi connectivity index (χ4n) is 6.69. The highest BCUT2D eigenvalue weighted by atomic mass is 32.2. The first kappa shape index (κ1) is 45.6. The molecule has 6 rings (SSSR count). The zero-order chi connectivity index (χ0) is 40.3. The Morgan fingerprint density at radius 1 is 0.600 bits per heavy atom. The van der Waals surface area contributed by atoms with E-state index in [4.69, 9.17) is 4.79 Å². The zero-order valence-corrected chi connectivity index (χ0v) is 34.2. The van der Waals surface area contributed by atoms with Gasteiger partial charge in [0.15, 0.2) is 23.3 Å². The molecule has 1 amide bonds. The minimum absolute atomic E-state index is 0.00916. The zero-order valence-electron chi connectivity index (χ0n) is 32.5. The van der Waals surface area contributed by atoms with Crippen LogP contribution in [-0.4, -0.2) is 27.1 Å². The molecule has 2 aliphatic rings. The summed E-state index contributed by atoms with van der Waals surface area (Å²) in [5.41, 5.74) is 9.19. The second kappa shape index (κ2) is 24.0. The molecule has 0 atom stereocenters. The smallest absolute Gasteiger partial charge is 0.251 e. The minimum Gasteiger partial charge on any atom is -0.372 e. The van der Waals surface area contributed by atoms with Gasteiger partial charge in [-0.3, -0.25) is 14.4 Å². The van der Waals surface area contributed by atoms with E-state index in [1.54, 1.807) is 56.9 Å². The minimum atomic E-state index is -0.848. The summed E-state index contributed by atoms with van der Waals surface area (Å²) in [6.07, 6.45) is 13.3. The number of carbonyl (C=O) groups is 1. The van der Waals surface area contributed by atoms with Crippen molar-refractivity contribution >= 4 is 29.9 Å². The largest absolute Gasteiger partial charge is 0.372 e. The van der Waals surface area contributed by atoms with Crippen LogP contribution in [-0.2, 0) is 30.7 Å². The van der Waals surface area contributed by atoms with Gasteiger partial charge in [0.25, 0.3) is 11.1 Å². The van der Waals surface area contributed by atoms with E-state index in [-0.39, 0.29) is 17.5 Å². The third kappa shape index (κ3) is 12.6. The van der Waals surface area contributed by atoms with Crippen LogP contribution in [0.5, 0.6) is 0 Å². The molecule has 0 spiro atoms. The normalized spacial score (nSPS) is 12.4. The van der Waals surface area contributed by atoms with Crippen LogP contribution in [0.1, 0.15) is 103 Å². The molecule has 300 valence electrons. The molecule has 55 heavy (non-hydrogen) atoms. The Morgan fingerprint density at radius 2 is 0.964 bits per heavy atom. The predicted octanol–water partition coefficient (Wildman–Crippen LogP) is 11.0. The number of nitrogens with two attached hydrogens (primary N) is 1. The third-order valence-corrected chi connectivity index (χ3v) is 11.5. The van der Waals surface area contributed by atoms with Crippen LogP contribution in [0.4, 0.5) is 17.6 Å².